The predicted molar refractivity (Wildman–Crippen MR) is 108 cm³/mol. The lowest BCUT2D eigenvalue weighted by molar-refractivity contribution is -0.123. The smallest absolute Gasteiger partial charge is 0.237 e. The van der Waals surface area contributed by atoms with Crippen molar-refractivity contribution in [3.05, 3.63) is 57.2 Å². The molecule has 2 N–H and O–H groups in total. The van der Waals surface area contributed by atoms with Gasteiger partial charge in [0.1, 0.15) is 5.92 Å². The lowest BCUT2D eigenvalue weighted by Crippen LogP contribution is -2.32. The van der Waals surface area contributed by atoms with Crippen LogP contribution in [0.4, 0.5) is 0 Å². The Morgan fingerprint density at radius 1 is 1.31 bits per heavy atom. The van der Waals surface area contributed by atoms with Crippen molar-refractivity contribution in [3.63, 3.8) is 0 Å². The summed E-state index contributed by atoms with van der Waals surface area (Å²) in [5.41, 5.74) is 2.00. The topological polar surface area (TPSA) is 82.3 Å². The van der Waals surface area contributed by atoms with E-state index in [1.807, 2.05) is 40.8 Å². The van der Waals surface area contributed by atoms with Crippen LogP contribution in [0.3, 0.4) is 0 Å². The first kappa shape index (κ1) is 20.0. The van der Waals surface area contributed by atoms with Crippen molar-refractivity contribution in [1.82, 2.24) is 5.32 Å². The molecular weight excluding hydrogens is 443 g/mol. The quantitative estimate of drug-likeness (QED) is 0.464. The van der Waals surface area contributed by atoms with E-state index in [1.54, 1.807) is 12.1 Å². The number of phenolic OH excluding ortho intramolecular Hbond substituents is 1. The first-order valence-electron chi connectivity index (χ1n) is 8.31. The Morgan fingerprint density at radius 2 is 2.04 bits per heavy atom. The van der Waals surface area contributed by atoms with Crippen molar-refractivity contribution in [2.45, 2.75) is 19.3 Å². The molecule has 6 heteroatoms. The van der Waals surface area contributed by atoms with Gasteiger partial charge >= 0.3 is 0 Å². The number of ether oxygens (including phenoxy) is 1. The average Bonchev–Trinajstić information content (AvgIpc) is 2.66. The monoisotopic (exact) mass is 464 g/mol. The van der Waals surface area contributed by atoms with Crippen LogP contribution in [0.1, 0.15) is 17.5 Å². The molecule has 136 valence electrons. The highest BCUT2D eigenvalue weighted by molar-refractivity contribution is 14.1. The number of halogens is 1. The summed E-state index contributed by atoms with van der Waals surface area (Å²) in [6.45, 7) is 0.530. The van der Waals surface area contributed by atoms with Crippen LogP contribution in [0.5, 0.6) is 11.5 Å². The van der Waals surface area contributed by atoms with Crippen molar-refractivity contribution in [1.29, 1.82) is 5.26 Å². The largest absolute Gasteiger partial charge is 0.504 e. The van der Waals surface area contributed by atoms with Crippen LogP contribution >= 0.6 is 22.6 Å². The lowest BCUT2D eigenvalue weighted by Gasteiger charge is -2.13. The van der Waals surface area contributed by atoms with Gasteiger partial charge in [0.15, 0.2) is 11.5 Å². The Balaban J connectivity index is 1.88. The molecule has 0 aliphatic heterocycles. The first-order valence-corrected chi connectivity index (χ1v) is 9.39. The van der Waals surface area contributed by atoms with Crippen molar-refractivity contribution in [2.24, 2.45) is 5.92 Å². The van der Waals surface area contributed by atoms with Crippen LogP contribution in [0.25, 0.3) is 0 Å². The van der Waals surface area contributed by atoms with E-state index in [2.05, 4.69) is 23.5 Å². The average molecular weight is 464 g/mol. The first-order chi connectivity index (χ1) is 12.5. The highest BCUT2D eigenvalue weighted by atomic mass is 127. The number of carbonyl (C=O) groups excluding carboxylic acids is 1. The maximum Gasteiger partial charge on any atom is 0.237 e. The van der Waals surface area contributed by atoms with Gasteiger partial charge in [-0.25, -0.2) is 0 Å². The second-order valence-corrected chi connectivity index (χ2v) is 7.06. The van der Waals surface area contributed by atoms with Crippen LogP contribution in [-0.4, -0.2) is 24.7 Å². The molecule has 2 aromatic carbocycles. The molecule has 0 bridgehead atoms. The highest BCUT2D eigenvalue weighted by Crippen LogP contribution is 2.33. The summed E-state index contributed by atoms with van der Waals surface area (Å²) >= 11 is 1.99. The molecule has 0 aliphatic rings. The van der Waals surface area contributed by atoms with Gasteiger partial charge in [-0.2, -0.15) is 5.26 Å². The third-order valence-corrected chi connectivity index (χ3v) is 4.83. The van der Waals surface area contributed by atoms with Crippen molar-refractivity contribution < 1.29 is 14.6 Å². The van der Waals surface area contributed by atoms with Crippen LogP contribution in [0.15, 0.2) is 42.5 Å². The van der Waals surface area contributed by atoms with Crippen molar-refractivity contribution in [3.8, 4) is 17.6 Å². The summed E-state index contributed by atoms with van der Waals surface area (Å²) in [4.78, 5) is 12.3. The molecule has 1 atom stereocenters. The molecule has 0 heterocycles. The van der Waals surface area contributed by atoms with Crippen LogP contribution in [-0.2, 0) is 17.6 Å². The van der Waals surface area contributed by atoms with Gasteiger partial charge < -0.3 is 15.2 Å². The molecule has 0 saturated carbocycles. The molecule has 2 rings (SSSR count). The molecular formula is C20H21IN2O3. The summed E-state index contributed by atoms with van der Waals surface area (Å²) in [6, 6.07) is 15.5. The van der Waals surface area contributed by atoms with E-state index in [0.29, 0.717) is 15.9 Å². The van der Waals surface area contributed by atoms with Crippen molar-refractivity contribution >= 4 is 28.5 Å². The number of aromatic hydroxyl groups is 1. The third-order valence-electron chi connectivity index (χ3n) is 4.00. The van der Waals surface area contributed by atoms with Crippen LogP contribution in [0, 0.1) is 20.8 Å². The molecule has 5 nitrogen and oxygen atoms in total. The molecule has 26 heavy (non-hydrogen) atoms. The Hall–Kier alpha value is -2.27. The number of aryl methyl sites for hydroxylation is 1. The minimum absolute atomic E-state index is 0.0655. The van der Waals surface area contributed by atoms with Gasteiger partial charge in [-0.15, -0.1) is 0 Å². The fraction of sp³-hybridized carbons (Fsp3) is 0.300. The number of carbonyl (C=O) groups is 1. The molecule has 1 unspecified atom stereocenters. The fourth-order valence-corrected chi connectivity index (χ4v) is 3.27. The van der Waals surface area contributed by atoms with E-state index >= 15 is 0 Å². The molecule has 0 aromatic heterocycles. The van der Waals surface area contributed by atoms with Gasteiger partial charge in [0.05, 0.1) is 16.7 Å². The van der Waals surface area contributed by atoms with E-state index < -0.39 is 5.92 Å². The predicted octanol–water partition coefficient (Wildman–Crippen LogP) is 3.44. The van der Waals surface area contributed by atoms with E-state index in [1.165, 1.54) is 12.7 Å². The number of rotatable bonds is 8. The standard InChI is InChI=1S/C20H21IN2O3/c1-26-18-12-15(11-17(21)19(18)24)10-16(13-22)20(25)23-9-5-8-14-6-3-2-4-7-14/h2-4,6-7,11-12,16,24H,5,8-10H2,1H3,(H,23,25). The number of benzene rings is 2. The van der Waals surface area contributed by atoms with Crippen molar-refractivity contribution in [2.75, 3.05) is 13.7 Å². The number of phenols is 1. The number of amides is 1. The molecule has 2 aromatic rings. The zero-order chi connectivity index (χ0) is 18.9. The van der Waals surface area contributed by atoms with Gasteiger partial charge in [-0.05, 0) is 65.1 Å². The number of methoxy groups -OCH3 is 1. The van der Waals surface area contributed by atoms with Gasteiger partial charge in [0, 0.05) is 6.54 Å². The number of hydrogen-bond acceptors (Lipinski definition) is 4. The van der Waals surface area contributed by atoms with Crippen LogP contribution < -0.4 is 10.1 Å². The lowest BCUT2D eigenvalue weighted by atomic mass is 9.99. The summed E-state index contributed by atoms with van der Waals surface area (Å²) in [5.74, 6) is -0.651. The number of hydrogen-bond donors (Lipinski definition) is 2. The maximum absolute atomic E-state index is 12.3. The second-order valence-electron chi connectivity index (χ2n) is 5.89. The fourth-order valence-electron chi connectivity index (χ4n) is 2.61. The maximum atomic E-state index is 12.3. The highest BCUT2D eigenvalue weighted by Gasteiger charge is 2.19. The Kier molecular flexibility index (Phi) is 7.73. The zero-order valence-corrected chi connectivity index (χ0v) is 16.7. The van der Waals surface area contributed by atoms with Crippen LogP contribution in [0.2, 0.25) is 0 Å². The number of nitrogens with one attached hydrogen (secondary N) is 1. The number of nitriles is 1. The molecule has 0 radical (unpaired) electrons. The summed E-state index contributed by atoms with van der Waals surface area (Å²) < 4.78 is 5.75. The van der Waals surface area contributed by atoms with Gasteiger partial charge in [-0.3, -0.25) is 4.79 Å². The minimum Gasteiger partial charge on any atom is -0.504 e. The summed E-state index contributed by atoms with van der Waals surface area (Å²) in [5, 5.41) is 22.1. The molecule has 1 amide bonds. The van der Waals surface area contributed by atoms with E-state index in [-0.39, 0.29) is 18.1 Å². The molecule has 0 aliphatic carbocycles. The third kappa shape index (κ3) is 5.63. The summed E-state index contributed by atoms with van der Waals surface area (Å²) in [7, 11) is 1.47. The van der Waals surface area contributed by atoms with Gasteiger partial charge in [0.25, 0.3) is 0 Å². The Labute approximate surface area is 167 Å². The molecule has 0 saturated heterocycles. The van der Waals surface area contributed by atoms with E-state index in [9.17, 15) is 15.2 Å². The zero-order valence-electron chi connectivity index (χ0n) is 14.5. The second kappa shape index (κ2) is 10.0. The Morgan fingerprint density at radius 3 is 2.69 bits per heavy atom. The van der Waals surface area contributed by atoms with E-state index in [4.69, 9.17) is 4.74 Å². The van der Waals surface area contributed by atoms with Gasteiger partial charge in [0.2, 0.25) is 5.91 Å². The Bertz CT molecular complexity index is 788. The molecule has 0 fully saturated rings. The minimum atomic E-state index is -0.781. The normalized spacial score (nSPS) is 11.4. The summed E-state index contributed by atoms with van der Waals surface area (Å²) in [6.07, 6.45) is 1.97. The number of nitrogens with zero attached hydrogens (tertiary/aromatic N) is 1. The van der Waals surface area contributed by atoms with E-state index in [0.717, 1.165) is 18.4 Å². The SMILES string of the molecule is COc1cc(CC(C#N)C(=O)NCCCc2ccccc2)cc(I)c1O. The molecule has 0 spiro atoms. The van der Waals surface area contributed by atoms with Gasteiger partial charge in [-0.1, -0.05) is 30.3 Å².